The Morgan fingerprint density at radius 3 is 2.38 bits per heavy atom. The number of benzene rings is 2. The summed E-state index contributed by atoms with van der Waals surface area (Å²) in [6.45, 7) is 3.97. The van der Waals surface area contributed by atoms with Crippen LogP contribution in [-0.2, 0) is 0 Å². The van der Waals surface area contributed by atoms with Crippen LogP contribution in [-0.4, -0.2) is 12.0 Å². The third-order valence-electron chi connectivity index (χ3n) is 3.44. The molecule has 0 aliphatic rings. The number of rotatable bonds is 5. The molecule has 0 fully saturated rings. The molecule has 0 bridgehead atoms. The van der Waals surface area contributed by atoms with E-state index in [9.17, 15) is 4.79 Å². The highest BCUT2D eigenvalue weighted by atomic mass is 32.1. The van der Waals surface area contributed by atoms with Crippen molar-refractivity contribution in [3.8, 4) is 16.9 Å². The van der Waals surface area contributed by atoms with Gasteiger partial charge in [0.1, 0.15) is 5.75 Å². The molecule has 0 saturated heterocycles. The maximum atomic E-state index is 12.6. The van der Waals surface area contributed by atoms with Crippen molar-refractivity contribution in [1.82, 2.24) is 0 Å². The van der Waals surface area contributed by atoms with Crippen LogP contribution in [0.15, 0.2) is 66.0 Å². The Morgan fingerprint density at radius 2 is 1.71 bits per heavy atom. The van der Waals surface area contributed by atoms with Crippen molar-refractivity contribution in [2.24, 2.45) is 0 Å². The predicted molar refractivity (Wildman–Crippen MR) is 99.9 cm³/mol. The largest absolute Gasteiger partial charge is 0.491 e. The third-order valence-corrected chi connectivity index (χ3v) is 4.35. The zero-order valence-corrected chi connectivity index (χ0v) is 14.5. The monoisotopic (exact) mass is 337 g/mol. The molecule has 1 amide bonds. The van der Waals surface area contributed by atoms with E-state index in [4.69, 9.17) is 4.74 Å². The standard InChI is InChI=1S/C20H19NO2S/c1-14(2)23-17-10-8-16(9-11-17)21-20(22)19-18(12-13-24-19)15-6-4-3-5-7-15/h3-14H,1-2H3,(H,21,22). The van der Waals surface area contributed by atoms with E-state index in [0.29, 0.717) is 4.88 Å². The second kappa shape index (κ2) is 7.32. The number of thiophene rings is 1. The quantitative estimate of drug-likeness (QED) is 0.672. The van der Waals surface area contributed by atoms with Crippen molar-refractivity contribution in [3.05, 3.63) is 70.9 Å². The molecule has 0 unspecified atom stereocenters. The first kappa shape index (κ1) is 16.3. The lowest BCUT2D eigenvalue weighted by Gasteiger charge is -2.11. The summed E-state index contributed by atoms with van der Waals surface area (Å²) >= 11 is 1.45. The van der Waals surface area contributed by atoms with E-state index in [1.165, 1.54) is 11.3 Å². The maximum absolute atomic E-state index is 12.6. The molecule has 1 heterocycles. The average molecular weight is 337 g/mol. The highest BCUT2D eigenvalue weighted by Gasteiger charge is 2.14. The summed E-state index contributed by atoms with van der Waals surface area (Å²) in [6.07, 6.45) is 0.130. The Hall–Kier alpha value is -2.59. The van der Waals surface area contributed by atoms with E-state index in [2.05, 4.69) is 5.32 Å². The lowest BCUT2D eigenvalue weighted by Crippen LogP contribution is -2.11. The SMILES string of the molecule is CC(C)Oc1ccc(NC(=O)c2sccc2-c2ccccc2)cc1. The van der Waals surface area contributed by atoms with Crippen LogP contribution in [0.25, 0.3) is 11.1 Å². The molecule has 0 saturated carbocycles. The molecular weight excluding hydrogens is 318 g/mol. The number of anilines is 1. The highest BCUT2D eigenvalue weighted by molar-refractivity contribution is 7.12. The molecule has 122 valence electrons. The van der Waals surface area contributed by atoms with Gasteiger partial charge in [-0.2, -0.15) is 0 Å². The van der Waals surface area contributed by atoms with Gasteiger partial charge in [-0.1, -0.05) is 30.3 Å². The molecule has 24 heavy (non-hydrogen) atoms. The molecular formula is C20H19NO2S. The summed E-state index contributed by atoms with van der Waals surface area (Å²) in [5.41, 5.74) is 2.76. The minimum absolute atomic E-state index is 0.0959. The van der Waals surface area contributed by atoms with Gasteiger partial charge in [-0.15, -0.1) is 11.3 Å². The fraction of sp³-hybridized carbons (Fsp3) is 0.150. The summed E-state index contributed by atoms with van der Waals surface area (Å²) in [7, 11) is 0. The molecule has 0 aliphatic heterocycles. The normalized spacial score (nSPS) is 10.6. The van der Waals surface area contributed by atoms with E-state index in [1.54, 1.807) is 0 Å². The van der Waals surface area contributed by atoms with Crippen molar-refractivity contribution in [2.75, 3.05) is 5.32 Å². The first-order chi connectivity index (χ1) is 11.6. The fourth-order valence-electron chi connectivity index (χ4n) is 2.41. The fourth-order valence-corrected chi connectivity index (χ4v) is 3.22. The van der Waals surface area contributed by atoms with Gasteiger partial charge in [-0.05, 0) is 55.1 Å². The second-order valence-electron chi connectivity index (χ2n) is 5.67. The van der Waals surface area contributed by atoms with Crippen LogP contribution in [0.5, 0.6) is 5.75 Å². The van der Waals surface area contributed by atoms with Gasteiger partial charge in [0.15, 0.2) is 0 Å². The summed E-state index contributed by atoms with van der Waals surface area (Å²) < 4.78 is 5.61. The number of hydrogen-bond donors (Lipinski definition) is 1. The van der Waals surface area contributed by atoms with Gasteiger partial charge in [0, 0.05) is 11.3 Å². The molecule has 3 aromatic rings. The Kier molecular flexibility index (Phi) is 4.96. The molecule has 0 radical (unpaired) electrons. The van der Waals surface area contributed by atoms with Crippen molar-refractivity contribution in [1.29, 1.82) is 0 Å². The van der Waals surface area contributed by atoms with Crippen molar-refractivity contribution in [3.63, 3.8) is 0 Å². The lowest BCUT2D eigenvalue weighted by molar-refractivity contribution is 0.103. The van der Waals surface area contributed by atoms with Gasteiger partial charge in [0.25, 0.3) is 5.91 Å². The van der Waals surface area contributed by atoms with E-state index in [1.807, 2.05) is 79.9 Å². The third kappa shape index (κ3) is 3.84. The van der Waals surface area contributed by atoms with Crippen molar-refractivity contribution in [2.45, 2.75) is 20.0 Å². The predicted octanol–water partition coefficient (Wildman–Crippen LogP) is 5.45. The molecule has 1 N–H and O–H groups in total. The van der Waals surface area contributed by atoms with Crippen LogP contribution in [0, 0.1) is 0 Å². The summed E-state index contributed by atoms with van der Waals surface area (Å²) in [5.74, 6) is 0.700. The van der Waals surface area contributed by atoms with Gasteiger partial charge in [0.05, 0.1) is 11.0 Å². The molecule has 1 aromatic heterocycles. The van der Waals surface area contributed by atoms with E-state index in [0.717, 1.165) is 22.6 Å². The molecule has 2 aromatic carbocycles. The summed E-state index contributed by atoms with van der Waals surface area (Å²) in [6, 6.07) is 19.4. The van der Waals surface area contributed by atoms with Crippen molar-refractivity contribution < 1.29 is 9.53 Å². The molecule has 4 heteroatoms. The molecule has 3 rings (SSSR count). The van der Waals surface area contributed by atoms with E-state index in [-0.39, 0.29) is 12.0 Å². The molecule has 0 spiro atoms. The zero-order chi connectivity index (χ0) is 16.9. The van der Waals surface area contributed by atoms with Crippen LogP contribution in [0.3, 0.4) is 0 Å². The van der Waals surface area contributed by atoms with Crippen LogP contribution in [0.4, 0.5) is 5.69 Å². The minimum Gasteiger partial charge on any atom is -0.491 e. The van der Waals surface area contributed by atoms with Gasteiger partial charge < -0.3 is 10.1 Å². The highest BCUT2D eigenvalue weighted by Crippen LogP contribution is 2.29. The van der Waals surface area contributed by atoms with E-state index < -0.39 is 0 Å². The van der Waals surface area contributed by atoms with Crippen molar-refractivity contribution >= 4 is 22.9 Å². The van der Waals surface area contributed by atoms with Gasteiger partial charge >= 0.3 is 0 Å². The Morgan fingerprint density at radius 1 is 1.00 bits per heavy atom. The number of carbonyl (C=O) groups excluding carboxylic acids is 1. The second-order valence-corrected chi connectivity index (χ2v) is 6.59. The summed E-state index contributed by atoms with van der Waals surface area (Å²) in [5, 5.41) is 4.89. The number of amides is 1. The topological polar surface area (TPSA) is 38.3 Å². The average Bonchev–Trinajstić information content (AvgIpc) is 3.07. The van der Waals surface area contributed by atoms with Gasteiger partial charge in [0.2, 0.25) is 0 Å². The first-order valence-corrected chi connectivity index (χ1v) is 8.72. The smallest absolute Gasteiger partial charge is 0.266 e. The van der Waals surface area contributed by atoms with Crippen LogP contribution in [0.2, 0.25) is 0 Å². The number of nitrogens with one attached hydrogen (secondary N) is 1. The van der Waals surface area contributed by atoms with Crippen LogP contribution in [0.1, 0.15) is 23.5 Å². The maximum Gasteiger partial charge on any atom is 0.266 e. The Bertz CT molecular complexity index is 807. The zero-order valence-electron chi connectivity index (χ0n) is 13.7. The molecule has 0 atom stereocenters. The van der Waals surface area contributed by atoms with Crippen LogP contribution < -0.4 is 10.1 Å². The molecule has 0 aliphatic carbocycles. The summed E-state index contributed by atoms with van der Waals surface area (Å²) in [4.78, 5) is 13.3. The van der Waals surface area contributed by atoms with E-state index >= 15 is 0 Å². The minimum atomic E-state index is -0.0959. The number of hydrogen-bond acceptors (Lipinski definition) is 3. The molecule has 3 nitrogen and oxygen atoms in total. The number of ether oxygens (including phenoxy) is 1. The van der Waals surface area contributed by atoms with Gasteiger partial charge in [-0.3, -0.25) is 4.79 Å². The van der Waals surface area contributed by atoms with Gasteiger partial charge in [-0.25, -0.2) is 0 Å². The number of carbonyl (C=O) groups is 1. The Labute approximate surface area is 145 Å². The Balaban J connectivity index is 1.75. The van der Waals surface area contributed by atoms with Crippen LogP contribution >= 0.6 is 11.3 Å². The lowest BCUT2D eigenvalue weighted by atomic mass is 10.1. The first-order valence-electron chi connectivity index (χ1n) is 7.84.